The van der Waals surface area contributed by atoms with Crippen LogP contribution in [0, 0.1) is 0 Å². The van der Waals surface area contributed by atoms with Crippen LogP contribution in [0.25, 0.3) is 6.08 Å². The minimum Gasteiger partial charge on any atom is -0.491 e. The van der Waals surface area contributed by atoms with Crippen molar-refractivity contribution >= 4 is 71.3 Å². The Balaban J connectivity index is 0. The molecule has 0 unspecified atom stereocenters. The monoisotopic (exact) mass is 998 g/mol. The van der Waals surface area contributed by atoms with Crippen LogP contribution in [0.15, 0.2) is 116 Å². The van der Waals surface area contributed by atoms with Crippen molar-refractivity contribution in [1.82, 2.24) is 0 Å². The van der Waals surface area contributed by atoms with Crippen molar-refractivity contribution in [2.45, 2.75) is 34.1 Å². The predicted molar refractivity (Wildman–Crippen MR) is 256 cm³/mol. The molecule has 0 saturated carbocycles. The number of hydrogen-bond acceptors (Lipinski definition) is 19. The number of hydrogen-bond donors (Lipinski definition) is 1. The average molecular weight is 999 g/mol. The Hall–Kier alpha value is -7.90. The fraction of sp³-hybridized carbons (Fsp3) is 0.300. The van der Waals surface area contributed by atoms with Gasteiger partial charge in [0.05, 0.1) is 33.0 Å². The number of aldehydes is 2. The molecule has 0 radical (unpaired) electrons. The molecule has 3 aromatic rings. The molecule has 0 saturated heterocycles. The quantitative estimate of drug-likeness (QED) is 0.0144. The summed E-state index contributed by atoms with van der Waals surface area (Å²) in [5.41, 5.74) is 1.63. The van der Waals surface area contributed by atoms with Crippen LogP contribution in [0.1, 0.15) is 60.4 Å². The molecule has 0 aliphatic rings. The minimum absolute atomic E-state index is 0.00453. The molecule has 380 valence electrons. The minimum atomic E-state index is -0.740. The summed E-state index contributed by atoms with van der Waals surface area (Å²) in [5.74, 6) is -1.71. The Morgan fingerprint density at radius 2 is 0.814 bits per heavy atom. The highest BCUT2D eigenvalue weighted by Gasteiger charge is 2.21. The summed E-state index contributed by atoms with van der Waals surface area (Å²) in [5, 5.41) is 7.94. The molecule has 0 aromatic heterocycles. The van der Waals surface area contributed by atoms with E-state index in [9.17, 15) is 43.2 Å². The van der Waals surface area contributed by atoms with Crippen LogP contribution in [-0.4, -0.2) is 125 Å². The third-order valence-electron chi connectivity index (χ3n) is 7.16. The van der Waals surface area contributed by atoms with E-state index in [1.165, 1.54) is 6.08 Å². The number of benzene rings is 3. The van der Waals surface area contributed by atoms with Gasteiger partial charge in [-0.2, -0.15) is 0 Å². The van der Waals surface area contributed by atoms with Crippen LogP contribution in [0.3, 0.4) is 0 Å². The molecule has 19 nitrogen and oxygen atoms in total. The normalized spacial score (nSPS) is 9.17. The van der Waals surface area contributed by atoms with Crippen LogP contribution in [0.4, 0.5) is 0 Å². The standard InChI is InChI=1S/C19H22O7.C12H12O4.C9H10O3.C7H12O4.C3H3ClO/c1-4-17(20)26-12-11-25-15-9-7-14(8-10-15)13-16(18(21)23-5-2)19(22)24-6-3;1-2-12(14)16-8-7-15-11-5-3-10(9-13)4-6-11;10-5-6-12-9-3-1-8(7-11)2-4-9;1-3-10-6(8)5-7(9)11-4-2;1-2-3(4)5/h4,7-10,13H,1,5-6,11-12H2,2-3H3;2-6,9H,1,7-8H2;1-4,7,10H,5-6H2;3-5H2,1-2H3;2H,1H2. The zero-order valence-electron chi connectivity index (χ0n) is 39.5. The first-order chi connectivity index (χ1) is 33.6. The third kappa shape index (κ3) is 34.4. The number of ether oxygens (including phenoxy) is 9. The number of rotatable bonds is 25. The summed E-state index contributed by atoms with van der Waals surface area (Å²) in [6.45, 7) is 18.2. The van der Waals surface area contributed by atoms with Crippen molar-refractivity contribution < 1.29 is 90.9 Å². The highest BCUT2D eigenvalue weighted by atomic mass is 35.5. The van der Waals surface area contributed by atoms with Gasteiger partial charge in [0.1, 0.15) is 74.8 Å². The van der Waals surface area contributed by atoms with Crippen molar-refractivity contribution in [3.8, 4) is 17.2 Å². The van der Waals surface area contributed by atoms with E-state index in [0.29, 0.717) is 33.9 Å². The van der Waals surface area contributed by atoms with E-state index in [0.717, 1.165) is 30.8 Å². The third-order valence-corrected chi connectivity index (χ3v) is 7.31. The lowest BCUT2D eigenvalue weighted by Gasteiger charge is -2.08. The Morgan fingerprint density at radius 1 is 0.486 bits per heavy atom. The molecular formula is C50H59ClO19. The first-order valence-electron chi connectivity index (χ1n) is 21.1. The first-order valence-corrected chi connectivity index (χ1v) is 21.5. The van der Waals surface area contributed by atoms with E-state index in [2.05, 4.69) is 29.2 Å². The van der Waals surface area contributed by atoms with Gasteiger partial charge in [-0.05, 0) is 118 Å². The highest BCUT2D eigenvalue weighted by Crippen LogP contribution is 2.16. The van der Waals surface area contributed by atoms with Gasteiger partial charge in [0.25, 0.3) is 0 Å². The van der Waals surface area contributed by atoms with Crippen molar-refractivity contribution in [3.63, 3.8) is 0 Å². The Labute approximate surface area is 411 Å². The van der Waals surface area contributed by atoms with Gasteiger partial charge < -0.3 is 47.7 Å². The van der Waals surface area contributed by atoms with Crippen LogP contribution in [0.5, 0.6) is 17.2 Å². The molecule has 70 heavy (non-hydrogen) atoms. The highest BCUT2D eigenvalue weighted by molar-refractivity contribution is 6.66. The second-order valence-corrected chi connectivity index (χ2v) is 12.6. The molecule has 0 amide bonds. The summed E-state index contributed by atoms with van der Waals surface area (Å²) in [6, 6.07) is 20.0. The number of carbonyl (C=O) groups is 9. The van der Waals surface area contributed by atoms with Crippen LogP contribution in [0.2, 0.25) is 0 Å². The Bertz CT molecular complexity index is 2060. The van der Waals surface area contributed by atoms with Crippen molar-refractivity contribution in [2.75, 3.05) is 66.1 Å². The number of aliphatic hydroxyl groups excluding tert-OH is 1. The lowest BCUT2D eigenvalue weighted by molar-refractivity contribution is -0.154. The molecule has 1 N–H and O–H groups in total. The van der Waals surface area contributed by atoms with Crippen LogP contribution >= 0.6 is 11.6 Å². The van der Waals surface area contributed by atoms with Gasteiger partial charge in [0, 0.05) is 23.3 Å². The summed E-state index contributed by atoms with van der Waals surface area (Å²) in [6.07, 6.45) is 5.85. The van der Waals surface area contributed by atoms with Gasteiger partial charge in [-0.15, -0.1) is 0 Å². The van der Waals surface area contributed by atoms with Crippen molar-refractivity contribution in [3.05, 3.63) is 133 Å². The molecule has 0 spiro atoms. The van der Waals surface area contributed by atoms with Crippen molar-refractivity contribution in [1.29, 1.82) is 0 Å². The van der Waals surface area contributed by atoms with Gasteiger partial charge in [-0.1, -0.05) is 31.9 Å². The molecular weight excluding hydrogens is 940 g/mol. The van der Waals surface area contributed by atoms with E-state index in [-0.39, 0.29) is 78.1 Å². The van der Waals surface area contributed by atoms with E-state index in [1.807, 2.05) is 0 Å². The maximum Gasteiger partial charge on any atom is 0.345 e. The lowest BCUT2D eigenvalue weighted by Crippen LogP contribution is -2.18. The maximum absolute atomic E-state index is 11.9. The summed E-state index contributed by atoms with van der Waals surface area (Å²) in [7, 11) is 0. The molecule has 3 rings (SSSR count). The number of esters is 6. The number of allylic oxidation sites excluding steroid dienone is 1. The molecule has 0 fully saturated rings. The van der Waals surface area contributed by atoms with Crippen LogP contribution < -0.4 is 14.2 Å². The molecule has 0 aliphatic carbocycles. The van der Waals surface area contributed by atoms with Gasteiger partial charge in [0.15, 0.2) is 0 Å². The average Bonchev–Trinajstić information content (AvgIpc) is 3.36. The van der Waals surface area contributed by atoms with Crippen LogP contribution in [-0.2, 0) is 62.0 Å². The van der Waals surface area contributed by atoms with Crippen molar-refractivity contribution in [2.24, 2.45) is 0 Å². The fourth-order valence-corrected chi connectivity index (χ4v) is 4.16. The molecule has 0 heterocycles. The zero-order valence-corrected chi connectivity index (χ0v) is 40.2. The van der Waals surface area contributed by atoms with E-state index >= 15 is 0 Å². The van der Waals surface area contributed by atoms with E-state index in [1.54, 1.807) is 100 Å². The lowest BCUT2D eigenvalue weighted by atomic mass is 10.1. The maximum atomic E-state index is 11.9. The number of halogens is 1. The molecule has 3 aromatic carbocycles. The molecule has 0 aliphatic heterocycles. The summed E-state index contributed by atoms with van der Waals surface area (Å²) >= 11 is 4.71. The second-order valence-electron chi connectivity index (χ2n) is 12.2. The zero-order chi connectivity index (χ0) is 53.0. The van der Waals surface area contributed by atoms with Gasteiger partial charge >= 0.3 is 35.8 Å². The molecule has 0 bridgehead atoms. The SMILES string of the molecule is C=CC(=O)Cl.C=CC(=O)OCCOc1ccc(C=C(C(=O)OCC)C(=O)OCC)cc1.C=CC(=O)OCCOc1ccc(C=O)cc1.CCOC(=O)CC(=O)OCC.O=Cc1ccc(OCCO)cc1. The Kier molecular flexibility index (Phi) is 38.9. The van der Waals surface area contributed by atoms with Gasteiger partial charge in [0.2, 0.25) is 5.24 Å². The molecule has 0 atom stereocenters. The number of aliphatic hydroxyl groups is 1. The molecule has 20 heteroatoms. The topological polar surface area (TPSA) is 257 Å². The first kappa shape index (κ1) is 64.2. The number of carbonyl (C=O) groups excluding carboxylic acids is 9. The smallest absolute Gasteiger partial charge is 0.345 e. The Morgan fingerprint density at radius 3 is 1.10 bits per heavy atom. The summed E-state index contributed by atoms with van der Waals surface area (Å²) < 4.78 is 44.1. The predicted octanol–water partition coefficient (Wildman–Crippen LogP) is 6.22. The van der Waals surface area contributed by atoms with Gasteiger partial charge in [-0.3, -0.25) is 24.0 Å². The van der Waals surface area contributed by atoms with Gasteiger partial charge in [-0.25, -0.2) is 19.2 Å². The second kappa shape index (κ2) is 42.5. The van der Waals surface area contributed by atoms with E-state index in [4.69, 9.17) is 49.9 Å². The fourth-order valence-electron chi connectivity index (χ4n) is 4.16. The summed E-state index contributed by atoms with van der Waals surface area (Å²) in [4.78, 5) is 96.7. The van der Waals surface area contributed by atoms with E-state index < -0.39 is 41.1 Å². The largest absolute Gasteiger partial charge is 0.491 e.